The van der Waals surface area contributed by atoms with Crippen molar-refractivity contribution >= 4 is 23.4 Å². The van der Waals surface area contributed by atoms with Crippen molar-refractivity contribution in [1.82, 2.24) is 15.3 Å². The second-order valence-electron chi connectivity index (χ2n) is 3.27. The maximum absolute atomic E-state index is 11.5. The summed E-state index contributed by atoms with van der Waals surface area (Å²) in [6.07, 6.45) is 2.61. The number of nitrogens with zero attached hydrogens (tertiary/aromatic N) is 2. The van der Waals surface area contributed by atoms with E-state index >= 15 is 0 Å². The number of carbonyl (C=O) groups excluding carboxylic acids is 2. The van der Waals surface area contributed by atoms with Crippen LogP contribution in [0.5, 0.6) is 0 Å². The molecule has 0 aliphatic carbocycles. The molecule has 0 saturated carbocycles. The molecule has 3 N–H and O–H groups in total. The molecule has 0 aliphatic heterocycles. The summed E-state index contributed by atoms with van der Waals surface area (Å²) in [6, 6.07) is -0.345. The molecule has 1 heterocycles. The van der Waals surface area contributed by atoms with Crippen molar-refractivity contribution < 1.29 is 9.59 Å². The van der Waals surface area contributed by atoms with Crippen LogP contribution in [0.3, 0.4) is 0 Å². The van der Waals surface area contributed by atoms with Gasteiger partial charge in [-0.25, -0.2) is 9.97 Å². The van der Waals surface area contributed by atoms with E-state index in [2.05, 4.69) is 15.3 Å². The van der Waals surface area contributed by atoms with Crippen LogP contribution in [0.2, 0.25) is 5.15 Å². The molecule has 0 spiro atoms. The highest BCUT2D eigenvalue weighted by Gasteiger charge is 2.12. The van der Waals surface area contributed by atoms with Crippen LogP contribution < -0.4 is 11.1 Å². The van der Waals surface area contributed by atoms with Crippen LogP contribution in [-0.2, 0) is 4.79 Å². The van der Waals surface area contributed by atoms with Gasteiger partial charge >= 0.3 is 0 Å². The van der Waals surface area contributed by atoms with Crippen molar-refractivity contribution in [3.63, 3.8) is 0 Å². The van der Waals surface area contributed by atoms with Crippen molar-refractivity contribution in [2.24, 2.45) is 5.73 Å². The quantitative estimate of drug-likeness (QED) is 0.784. The Bertz CT molecular complexity index is 393. The minimum Gasteiger partial charge on any atom is -0.370 e. The Morgan fingerprint density at radius 1 is 1.50 bits per heavy atom. The Morgan fingerprint density at radius 3 is 2.69 bits per heavy atom. The van der Waals surface area contributed by atoms with Gasteiger partial charge < -0.3 is 11.1 Å². The number of nitrogens with two attached hydrogens (primary N) is 1. The average molecular weight is 243 g/mol. The van der Waals surface area contributed by atoms with Crippen molar-refractivity contribution in [2.45, 2.75) is 19.4 Å². The van der Waals surface area contributed by atoms with E-state index in [-0.39, 0.29) is 23.3 Å². The second-order valence-corrected chi connectivity index (χ2v) is 3.66. The Labute approximate surface area is 97.2 Å². The summed E-state index contributed by atoms with van der Waals surface area (Å²) in [6.45, 7) is 1.67. The third kappa shape index (κ3) is 3.82. The summed E-state index contributed by atoms with van der Waals surface area (Å²) in [5.74, 6) is -0.895. The smallest absolute Gasteiger partial charge is 0.271 e. The maximum atomic E-state index is 11.5. The van der Waals surface area contributed by atoms with Crippen LogP contribution in [-0.4, -0.2) is 27.8 Å². The van der Waals surface area contributed by atoms with E-state index in [0.29, 0.717) is 0 Å². The van der Waals surface area contributed by atoms with E-state index in [1.54, 1.807) is 6.92 Å². The molecule has 7 heteroatoms. The van der Waals surface area contributed by atoms with Crippen molar-refractivity contribution in [3.05, 3.63) is 23.2 Å². The minimum absolute atomic E-state index is 0.0761. The minimum atomic E-state index is -0.477. The Hall–Kier alpha value is -1.69. The van der Waals surface area contributed by atoms with E-state index in [1.165, 1.54) is 12.4 Å². The number of hydrogen-bond acceptors (Lipinski definition) is 4. The fourth-order valence-electron chi connectivity index (χ4n) is 1.08. The monoisotopic (exact) mass is 242 g/mol. The van der Waals surface area contributed by atoms with Gasteiger partial charge in [0.1, 0.15) is 10.8 Å². The van der Waals surface area contributed by atoms with Gasteiger partial charge in [-0.3, -0.25) is 9.59 Å². The molecule has 0 radical (unpaired) electrons. The van der Waals surface area contributed by atoms with Gasteiger partial charge in [0.05, 0.1) is 12.4 Å². The molecule has 0 aliphatic rings. The predicted molar refractivity (Wildman–Crippen MR) is 57.8 cm³/mol. The molecule has 1 unspecified atom stereocenters. The number of aromatic nitrogens is 2. The van der Waals surface area contributed by atoms with Gasteiger partial charge in [0, 0.05) is 12.5 Å². The molecule has 6 nitrogen and oxygen atoms in total. The lowest BCUT2D eigenvalue weighted by molar-refractivity contribution is -0.118. The molecule has 16 heavy (non-hydrogen) atoms. The van der Waals surface area contributed by atoms with Gasteiger partial charge in [0.25, 0.3) is 5.91 Å². The summed E-state index contributed by atoms with van der Waals surface area (Å²) in [5, 5.41) is 2.77. The molecule has 2 amide bonds. The highest BCUT2D eigenvalue weighted by Crippen LogP contribution is 2.01. The van der Waals surface area contributed by atoms with Crippen molar-refractivity contribution in [3.8, 4) is 0 Å². The van der Waals surface area contributed by atoms with Crippen LogP contribution >= 0.6 is 11.6 Å². The molecule has 0 saturated heterocycles. The molecular formula is C9H11ClN4O2. The number of hydrogen-bond donors (Lipinski definition) is 2. The van der Waals surface area contributed by atoms with Crippen molar-refractivity contribution in [2.75, 3.05) is 0 Å². The molecule has 1 aromatic rings. The van der Waals surface area contributed by atoms with Gasteiger partial charge in [0.2, 0.25) is 5.91 Å². The van der Waals surface area contributed by atoms with E-state index < -0.39 is 11.8 Å². The fraction of sp³-hybridized carbons (Fsp3) is 0.333. The Morgan fingerprint density at radius 2 is 2.19 bits per heavy atom. The zero-order chi connectivity index (χ0) is 12.1. The summed E-state index contributed by atoms with van der Waals surface area (Å²) in [5.41, 5.74) is 5.13. The predicted octanol–water partition coefficient (Wildman–Crippen LogP) is 0.124. The number of halogens is 1. The topological polar surface area (TPSA) is 98.0 Å². The zero-order valence-electron chi connectivity index (χ0n) is 8.61. The normalized spacial score (nSPS) is 11.9. The summed E-state index contributed by atoms with van der Waals surface area (Å²) in [7, 11) is 0. The number of amides is 2. The highest BCUT2D eigenvalue weighted by molar-refractivity contribution is 6.29. The maximum Gasteiger partial charge on any atom is 0.271 e. The zero-order valence-corrected chi connectivity index (χ0v) is 9.36. The Kier molecular flexibility index (Phi) is 4.19. The largest absolute Gasteiger partial charge is 0.370 e. The summed E-state index contributed by atoms with van der Waals surface area (Å²) >= 11 is 5.52. The van der Waals surface area contributed by atoms with E-state index in [0.717, 1.165) is 0 Å². The number of carbonyl (C=O) groups is 2. The van der Waals surface area contributed by atoms with Crippen LogP contribution in [0, 0.1) is 0 Å². The summed E-state index contributed by atoms with van der Waals surface area (Å²) < 4.78 is 0. The van der Waals surface area contributed by atoms with E-state index in [4.69, 9.17) is 17.3 Å². The molecule has 1 rings (SSSR count). The first-order valence-electron chi connectivity index (χ1n) is 4.55. The lowest BCUT2D eigenvalue weighted by Crippen LogP contribution is -2.36. The third-order valence-electron chi connectivity index (χ3n) is 1.74. The molecule has 1 atom stereocenters. The van der Waals surface area contributed by atoms with Crippen LogP contribution in [0.1, 0.15) is 23.8 Å². The molecule has 0 bridgehead atoms. The van der Waals surface area contributed by atoms with Gasteiger partial charge in [-0.05, 0) is 6.92 Å². The van der Waals surface area contributed by atoms with Gasteiger partial charge in [-0.15, -0.1) is 0 Å². The van der Waals surface area contributed by atoms with E-state index in [1.807, 2.05) is 0 Å². The lowest BCUT2D eigenvalue weighted by Gasteiger charge is -2.10. The third-order valence-corrected chi connectivity index (χ3v) is 1.93. The first-order valence-corrected chi connectivity index (χ1v) is 4.93. The van der Waals surface area contributed by atoms with E-state index in [9.17, 15) is 9.59 Å². The molecular weight excluding hydrogens is 232 g/mol. The fourth-order valence-corrected chi connectivity index (χ4v) is 1.18. The summed E-state index contributed by atoms with van der Waals surface area (Å²) in [4.78, 5) is 29.6. The molecule has 0 aromatic carbocycles. The van der Waals surface area contributed by atoms with Crippen LogP contribution in [0.25, 0.3) is 0 Å². The van der Waals surface area contributed by atoms with Crippen molar-refractivity contribution in [1.29, 1.82) is 0 Å². The van der Waals surface area contributed by atoms with Crippen LogP contribution in [0.15, 0.2) is 12.4 Å². The number of nitrogens with one attached hydrogen (secondary N) is 1. The van der Waals surface area contributed by atoms with Gasteiger partial charge in [-0.2, -0.15) is 0 Å². The lowest BCUT2D eigenvalue weighted by atomic mass is 10.2. The Balaban J connectivity index is 2.58. The second kappa shape index (κ2) is 5.41. The standard InChI is InChI=1S/C9H11ClN4O2/c1-5(2-8(11)15)14-9(16)6-3-13-7(10)4-12-6/h3-5H,2H2,1H3,(H2,11,15)(H,14,16). The SMILES string of the molecule is CC(CC(N)=O)NC(=O)c1cnc(Cl)cn1. The number of primary amides is 1. The average Bonchev–Trinajstić information content (AvgIpc) is 2.16. The molecule has 1 aromatic heterocycles. The van der Waals surface area contributed by atoms with Gasteiger partial charge in [0.15, 0.2) is 0 Å². The number of rotatable bonds is 4. The molecule has 0 fully saturated rings. The molecule has 86 valence electrons. The first-order chi connectivity index (χ1) is 7.49. The first kappa shape index (κ1) is 12.4. The van der Waals surface area contributed by atoms with Gasteiger partial charge in [-0.1, -0.05) is 11.6 Å². The highest BCUT2D eigenvalue weighted by atomic mass is 35.5. The van der Waals surface area contributed by atoms with Crippen LogP contribution in [0.4, 0.5) is 0 Å².